The molecule has 0 bridgehead atoms. The Kier molecular flexibility index (Phi) is 6.13. The van der Waals surface area contributed by atoms with Crippen molar-refractivity contribution >= 4 is 0 Å². The number of aliphatic hydroxyl groups is 1. The zero-order valence-electron chi connectivity index (χ0n) is 13.1. The fourth-order valence-corrected chi connectivity index (χ4v) is 3.46. The Labute approximate surface area is 114 Å². The molecule has 0 amide bonds. The van der Waals surface area contributed by atoms with Crippen LogP contribution in [-0.2, 0) is 0 Å². The molecular weight excluding hydrogens is 222 g/mol. The summed E-state index contributed by atoms with van der Waals surface area (Å²) in [5.74, 6) is 1.38. The molecule has 2 unspecified atom stereocenters. The van der Waals surface area contributed by atoms with Gasteiger partial charge >= 0.3 is 0 Å². The molecule has 0 aliphatic carbocycles. The van der Waals surface area contributed by atoms with Gasteiger partial charge in [0.05, 0.1) is 5.60 Å². The van der Waals surface area contributed by atoms with Crippen molar-refractivity contribution in [2.45, 2.75) is 78.4 Å². The lowest BCUT2D eigenvalue weighted by Crippen LogP contribution is -2.35. The number of nitrogens with zero attached hydrogens (tertiary/aromatic N) is 1. The van der Waals surface area contributed by atoms with Crippen LogP contribution in [0.25, 0.3) is 0 Å². The van der Waals surface area contributed by atoms with Gasteiger partial charge in [0.15, 0.2) is 0 Å². The van der Waals surface area contributed by atoms with E-state index in [0.717, 1.165) is 44.7 Å². The molecule has 2 atom stereocenters. The summed E-state index contributed by atoms with van der Waals surface area (Å²) < 4.78 is 0. The Balaban J connectivity index is 2.48. The highest BCUT2D eigenvalue weighted by Crippen LogP contribution is 2.31. The molecule has 1 fully saturated rings. The van der Waals surface area contributed by atoms with Gasteiger partial charge in [-0.15, -0.1) is 0 Å². The Hall–Kier alpha value is -0.0800. The molecule has 1 heterocycles. The first kappa shape index (κ1) is 16.0. The molecular formula is C16H33NO. The van der Waals surface area contributed by atoms with Crippen molar-refractivity contribution < 1.29 is 5.11 Å². The van der Waals surface area contributed by atoms with Gasteiger partial charge in [-0.05, 0) is 64.3 Å². The fraction of sp³-hybridized carbons (Fsp3) is 1.00. The third kappa shape index (κ3) is 5.27. The molecule has 108 valence electrons. The van der Waals surface area contributed by atoms with Gasteiger partial charge in [0, 0.05) is 12.6 Å². The van der Waals surface area contributed by atoms with E-state index in [-0.39, 0.29) is 0 Å². The zero-order valence-corrected chi connectivity index (χ0v) is 13.1. The molecule has 0 spiro atoms. The van der Waals surface area contributed by atoms with Crippen LogP contribution in [0.15, 0.2) is 0 Å². The first-order chi connectivity index (χ1) is 8.32. The van der Waals surface area contributed by atoms with Crippen molar-refractivity contribution in [1.82, 2.24) is 4.90 Å². The lowest BCUT2D eigenvalue weighted by atomic mass is 9.82. The maximum atomic E-state index is 10.8. The molecule has 1 saturated heterocycles. The van der Waals surface area contributed by atoms with Gasteiger partial charge in [-0.1, -0.05) is 20.8 Å². The Bertz CT molecular complexity index is 239. The minimum Gasteiger partial charge on any atom is -0.390 e. The molecule has 1 aliphatic rings. The predicted molar refractivity (Wildman–Crippen MR) is 78.7 cm³/mol. The van der Waals surface area contributed by atoms with E-state index in [1.54, 1.807) is 0 Å². The second-order valence-corrected chi connectivity index (χ2v) is 7.15. The summed E-state index contributed by atoms with van der Waals surface area (Å²) in [5, 5.41) is 10.8. The van der Waals surface area contributed by atoms with Crippen molar-refractivity contribution in [1.29, 1.82) is 0 Å². The van der Waals surface area contributed by atoms with Gasteiger partial charge in [0.25, 0.3) is 0 Å². The summed E-state index contributed by atoms with van der Waals surface area (Å²) in [5.41, 5.74) is -0.405. The van der Waals surface area contributed by atoms with Crippen molar-refractivity contribution in [3.63, 3.8) is 0 Å². The topological polar surface area (TPSA) is 23.5 Å². The third-order valence-electron chi connectivity index (χ3n) is 4.28. The summed E-state index contributed by atoms with van der Waals surface area (Å²) in [6, 6.07) is 0.612. The molecule has 0 aromatic heterocycles. The minimum atomic E-state index is -0.405. The molecule has 1 N–H and O–H groups in total. The van der Waals surface area contributed by atoms with Crippen LogP contribution < -0.4 is 0 Å². The quantitative estimate of drug-likeness (QED) is 0.810. The lowest BCUT2D eigenvalue weighted by molar-refractivity contribution is 0.000946. The number of likely N-dealkylation sites (tertiary alicyclic amines) is 1. The smallest absolute Gasteiger partial charge is 0.0663 e. The van der Waals surface area contributed by atoms with Gasteiger partial charge in [0.1, 0.15) is 0 Å². The Morgan fingerprint density at radius 1 is 1.06 bits per heavy atom. The average Bonchev–Trinajstić information content (AvgIpc) is 2.38. The van der Waals surface area contributed by atoms with E-state index in [1.807, 2.05) is 0 Å². The standard InChI is InChI=1S/C16H33NO/c1-13(2)11-15(5)12-16(18)7-6-9-17(10-8-16)14(3)4/h13-15,18H,6-12H2,1-5H3. The molecule has 1 rings (SSSR count). The molecule has 0 radical (unpaired) electrons. The summed E-state index contributed by atoms with van der Waals surface area (Å²) in [4.78, 5) is 2.51. The normalized spacial score (nSPS) is 28.7. The van der Waals surface area contributed by atoms with E-state index in [2.05, 4.69) is 39.5 Å². The highest BCUT2D eigenvalue weighted by atomic mass is 16.3. The van der Waals surface area contributed by atoms with E-state index in [1.165, 1.54) is 6.42 Å². The highest BCUT2D eigenvalue weighted by molar-refractivity contribution is 4.86. The average molecular weight is 255 g/mol. The molecule has 0 aromatic rings. The molecule has 2 nitrogen and oxygen atoms in total. The molecule has 0 aromatic carbocycles. The van der Waals surface area contributed by atoms with E-state index >= 15 is 0 Å². The summed E-state index contributed by atoms with van der Waals surface area (Å²) in [6.45, 7) is 13.6. The monoisotopic (exact) mass is 255 g/mol. The van der Waals surface area contributed by atoms with E-state index in [4.69, 9.17) is 0 Å². The predicted octanol–water partition coefficient (Wildman–Crippen LogP) is 3.68. The number of rotatable bonds is 5. The van der Waals surface area contributed by atoms with Crippen LogP contribution in [0.3, 0.4) is 0 Å². The first-order valence-electron chi connectivity index (χ1n) is 7.79. The first-order valence-corrected chi connectivity index (χ1v) is 7.79. The zero-order chi connectivity index (χ0) is 13.8. The molecule has 18 heavy (non-hydrogen) atoms. The largest absolute Gasteiger partial charge is 0.390 e. The van der Waals surface area contributed by atoms with E-state index in [9.17, 15) is 5.11 Å². The van der Waals surface area contributed by atoms with E-state index in [0.29, 0.717) is 12.0 Å². The maximum Gasteiger partial charge on any atom is 0.0663 e. The van der Waals surface area contributed by atoms with Crippen molar-refractivity contribution in [3.05, 3.63) is 0 Å². The fourth-order valence-electron chi connectivity index (χ4n) is 3.46. The number of hydrogen-bond acceptors (Lipinski definition) is 2. The SMILES string of the molecule is CC(C)CC(C)CC1(O)CCCN(C(C)C)CC1. The van der Waals surface area contributed by atoms with Crippen molar-refractivity contribution in [2.24, 2.45) is 11.8 Å². The second-order valence-electron chi connectivity index (χ2n) is 7.15. The highest BCUT2D eigenvalue weighted by Gasteiger charge is 2.32. The third-order valence-corrected chi connectivity index (χ3v) is 4.28. The van der Waals surface area contributed by atoms with Gasteiger partial charge in [0.2, 0.25) is 0 Å². The van der Waals surface area contributed by atoms with Crippen LogP contribution >= 0.6 is 0 Å². The Morgan fingerprint density at radius 3 is 2.28 bits per heavy atom. The van der Waals surface area contributed by atoms with Crippen molar-refractivity contribution in [3.8, 4) is 0 Å². The summed E-state index contributed by atoms with van der Waals surface area (Å²) >= 11 is 0. The van der Waals surface area contributed by atoms with Crippen molar-refractivity contribution in [2.75, 3.05) is 13.1 Å². The van der Waals surface area contributed by atoms with Crippen LogP contribution in [-0.4, -0.2) is 34.7 Å². The number of hydrogen-bond donors (Lipinski definition) is 1. The minimum absolute atomic E-state index is 0.405. The van der Waals surface area contributed by atoms with Crippen LogP contribution in [0.2, 0.25) is 0 Å². The molecule has 1 aliphatic heterocycles. The second kappa shape index (κ2) is 6.91. The van der Waals surface area contributed by atoms with Gasteiger partial charge in [-0.3, -0.25) is 0 Å². The summed E-state index contributed by atoms with van der Waals surface area (Å²) in [7, 11) is 0. The Morgan fingerprint density at radius 2 is 1.72 bits per heavy atom. The van der Waals surface area contributed by atoms with E-state index < -0.39 is 5.60 Å². The van der Waals surface area contributed by atoms with Crippen LogP contribution in [0.4, 0.5) is 0 Å². The lowest BCUT2D eigenvalue weighted by Gasteiger charge is -2.31. The summed E-state index contributed by atoms with van der Waals surface area (Å²) in [6.07, 6.45) is 5.29. The van der Waals surface area contributed by atoms with Crippen LogP contribution in [0.5, 0.6) is 0 Å². The molecule has 2 heteroatoms. The van der Waals surface area contributed by atoms with Gasteiger partial charge in [-0.2, -0.15) is 0 Å². The van der Waals surface area contributed by atoms with Gasteiger partial charge < -0.3 is 10.0 Å². The van der Waals surface area contributed by atoms with Crippen LogP contribution in [0.1, 0.15) is 66.7 Å². The maximum absolute atomic E-state index is 10.8. The van der Waals surface area contributed by atoms with Crippen LogP contribution in [0, 0.1) is 11.8 Å². The molecule has 0 saturated carbocycles. The van der Waals surface area contributed by atoms with Gasteiger partial charge in [-0.25, -0.2) is 0 Å².